The molecule has 2 aromatic rings. The fraction of sp³-hybridized carbons (Fsp3) is 0.409. The molecule has 1 aromatic heterocycles. The van der Waals surface area contributed by atoms with Gasteiger partial charge in [0.25, 0.3) is 11.8 Å². The van der Waals surface area contributed by atoms with E-state index in [1.165, 1.54) is 13.3 Å². The number of hydrogen-bond donors (Lipinski definition) is 1. The summed E-state index contributed by atoms with van der Waals surface area (Å²) in [6.45, 7) is 2.86. The molecule has 1 aromatic carbocycles. The van der Waals surface area contributed by atoms with Gasteiger partial charge in [-0.3, -0.25) is 14.6 Å². The SMILES string of the molecule is CCC1CCCCN1C(=O)c1ccnc(C(=O)Nc2ccc(OC)c(OC)c2)c1. The van der Waals surface area contributed by atoms with Crippen LogP contribution in [0, 0.1) is 0 Å². The third-order valence-electron chi connectivity index (χ3n) is 5.24. The molecule has 2 amide bonds. The van der Waals surface area contributed by atoms with Crippen molar-refractivity contribution < 1.29 is 19.1 Å². The largest absolute Gasteiger partial charge is 0.493 e. The Labute approximate surface area is 171 Å². The van der Waals surface area contributed by atoms with Gasteiger partial charge >= 0.3 is 0 Å². The normalized spacial score (nSPS) is 16.2. The predicted molar refractivity (Wildman–Crippen MR) is 111 cm³/mol. The lowest BCUT2D eigenvalue weighted by molar-refractivity contribution is 0.0608. The lowest BCUT2D eigenvalue weighted by Crippen LogP contribution is -2.43. The molecule has 1 fully saturated rings. The monoisotopic (exact) mass is 397 g/mol. The summed E-state index contributed by atoms with van der Waals surface area (Å²) >= 11 is 0. The molecular formula is C22H27N3O4. The number of anilines is 1. The van der Waals surface area contributed by atoms with Gasteiger partial charge in [0.15, 0.2) is 11.5 Å². The van der Waals surface area contributed by atoms with Gasteiger partial charge in [0.05, 0.1) is 14.2 Å². The van der Waals surface area contributed by atoms with E-state index in [9.17, 15) is 9.59 Å². The first kappa shape index (κ1) is 20.6. The summed E-state index contributed by atoms with van der Waals surface area (Å²) in [6, 6.07) is 8.58. The zero-order valence-electron chi connectivity index (χ0n) is 17.1. The number of nitrogens with zero attached hydrogens (tertiary/aromatic N) is 2. The topological polar surface area (TPSA) is 80.8 Å². The molecule has 2 heterocycles. The summed E-state index contributed by atoms with van der Waals surface area (Å²) in [6.07, 6.45) is 5.63. The molecule has 0 aliphatic carbocycles. The molecule has 1 unspecified atom stereocenters. The molecular weight excluding hydrogens is 370 g/mol. The van der Waals surface area contributed by atoms with Crippen molar-refractivity contribution in [1.82, 2.24) is 9.88 Å². The highest BCUT2D eigenvalue weighted by molar-refractivity contribution is 6.05. The average molecular weight is 397 g/mol. The van der Waals surface area contributed by atoms with Crippen LogP contribution in [-0.4, -0.2) is 48.5 Å². The van der Waals surface area contributed by atoms with Crippen LogP contribution in [0.4, 0.5) is 5.69 Å². The van der Waals surface area contributed by atoms with Crippen LogP contribution in [0.3, 0.4) is 0 Å². The van der Waals surface area contributed by atoms with Gasteiger partial charge in [0.2, 0.25) is 0 Å². The lowest BCUT2D eigenvalue weighted by Gasteiger charge is -2.35. The van der Waals surface area contributed by atoms with Crippen LogP contribution in [0.15, 0.2) is 36.5 Å². The van der Waals surface area contributed by atoms with Crippen LogP contribution in [0.5, 0.6) is 11.5 Å². The quantitative estimate of drug-likeness (QED) is 0.803. The van der Waals surface area contributed by atoms with E-state index in [0.717, 1.165) is 32.2 Å². The maximum absolute atomic E-state index is 13.0. The van der Waals surface area contributed by atoms with Gasteiger partial charge in [-0.25, -0.2) is 0 Å². The van der Waals surface area contributed by atoms with E-state index in [0.29, 0.717) is 22.7 Å². The highest BCUT2D eigenvalue weighted by Crippen LogP contribution is 2.30. The number of nitrogens with one attached hydrogen (secondary N) is 1. The summed E-state index contributed by atoms with van der Waals surface area (Å²) < 4.78 is 10.5. The van der Waals surface area contributed by atoms with Crippen molar-refractivity contribution in [2.75, 3.05) is 26.1 Å². The molecule has 7 nitrogen and oxygen atoms in total. The first-order valence-electron chi connectivity index (χ1n) is 9.87. The van der Waals surface area contributed by atoms with Crippen LogP contribution in [0.25, 0.3) is 0 Å². The Hall–Kier alpha value is -3.09. The van der Waals surface area contributed by atoms with Gasteiger partial charge < -0.3 is 19.7 Å². The fourth-order valence-corrected chi connectivity index (χ4v) is 3.66. The van der Waals surface area contributed by atoms with Gasteiger partial charge in [-0.1, -0.05) is 6.92 Å². The molecule has 154 valence electrons. The van der Waals surface area contributed by atoms with Crippen LogP contribution < -0.4 is 14.8 Å². The van der Waals surface area contributed by atoms with E-state index >= 15 is 0 Å². The number of pyridine rings is 1. The summed E-state index contributed by atoms with van der Waals surface area (Å²) in [5.41, 5.74) is 1.22. The van der Waals surface area contributed by atoms with Crippen molar-refractivity contribution in [3.05, 3.63) is 47.8 Å². The van der Waals surface area contributed by atoms with E-state index in [1.54, 1.807) is 37.4 Å². The fourth-order valence-electron chi connectivity index (χ4n) is 3.66. The number of likely N-dealkylation sites (tertiary alicyclic amines) is 1. The Morgan fingerprint density at radius 1 is 1.14 bits per heavy atom. The second-order valence-electron chi connectivity index (χ2n) is 7.01. The minimum absolute atomic E-state index is 0.0425. The van der Waals surface area contributed by atoms with E-state index in [1.807, 2.05) is 4.90 Å². The first-order chi connectivity index (χ1) is 14.1. The molecule has 0 saturated carbocycles. The van der Waals surface area contributed by atoms with Crippen LogP contribution >= 0.6 is 0 Å². The zero-order valence-corrected chi connectivity index (χ0v) is 17.1. The minimum atomic E-state index is -0.391. The highest BCUT2D eigenvalue weighted by Gasteiger charge is 2.26. The maximum Gasteiger partial charge on any atom is 0.274 e. The Kier molecular flexibility index (Phi) is 6.69. The zero-order chi connectivity index (χ0) is 20.8. The van der Waals surface area contributed by atoms with Crippen molar-refractivity contribution in [1.29, 1.82) is 0 Å². The molecule has 0 spiro atoms. The lowest BCUT2D eigenvalue weighted by atomic mass is 9.99. The predicted octanol–water partition coefficient (Wildman–Crippen LogP) is 3.76. The molecule has 1 atom stereocenters. The molecule has 1 N–H and O–H groups in total. The van der Waals surface area contributed by atoms with Crippen LogP contribution in [0.2, 0.25) is 0 Å². The van der Waals surface area contributed by atoms with Gasteiger partial charge in [-0.05, 0) is 49.9 Å². The van der Waals surface area contributed by atoms with E-state index in [-0.39, 0.29) is 17.6 Å². The Morgan fingerprint density at radius 2 is 1.93 bits per heavy atom. The summed E-state index contributed by atoms with van der Waals surface area (Å²) in [5, 5.41) is 2.79. The molecule has 0 bridgehead atoms. The highest BCUT2D eigenvalue weighted by atomic mass is 16.5. The smallest absolute Gasteiger partial charge is 0.274 e. The first-order valence-corrected chi connectivity index (χ1v) is 9.87. The second kappa shape index (κ2) is 9.41. The standard InChI is InChI=1S/C22H27N3O4/c1-4-17-7-5-6-12-25(17)22(27)15-10-11-23-18(13-15)21(26)24-16-8-9-19(28-2)20(14-16)29-3/h8-11,13-14,17H,4-7,12H2,1-3H3,(H,24,26). The van der Waals surface area contributed by atoms with Crippen LogP contribution in [0.1, 0.15) is 53.5 Å². The van der Waals surface area contributed by atoms with E-state index in [2.05, 4.69) is 17.2 Å². The van der Waals surface area contributed by atoms with E-state index in [4.69, 9.17) is 9.47 Å². The van der Waals surface area contributed by atoms with Gasteiger partial charge in [0, 0.05) is 36.1 Å². The number of benzene rings is 1. The van der Waals surface area contributed by atoms with Crippen molar-refractivity contribution >= 4 is 17.5 Å². The summed E-state index contributed by atoms with van der Waals surface area (Å²) in [7, 11) is 3.08. The Bertz CT molecular complexity index is 884. The summed E-state index contributed by atoms with van der Waals surface area (Å²) in [4.78, 5) is 31.7. The average Bonchev–Trinajstić information content (AvgIpc) is 2.78. The second-order valence-corrected chi connectivity index (χ2v) is 7.01. The number of carbonyl (C=O) groups is 2. The third kappa shape index (κ3) is 4.67. The molecule has 1 aliphatic rings. The number of aromatic nitrogens is 1. The van der Waals surface area contributed by atoms with Crippen molar-refractivity contribution in [2.24, 2.45) is 0 Å². The number of hydrogen-bond acceptors (Lipinski definition) is 5. The summed E-state index contributed by atoms with van der Waals surface area (Å²) in [5.74, 6) is 0.651. The van der Waals surface area contributed by atoms with Crippen LogP contribution in [-0.2, 0) is 0 Å². The molecule has 7 heteroatoms. The number of methoxy groups -OCH3 is 2. The van der Waals surface area contributed by atoms with Gasteiger partial charge in [-0.2, -0.15) is 0 Å². The minimum Gasteiger partial charge on any atom is -0.493 e. The van der Waals surface area contributed by atoms with Gasteiger partial charge in [-0.15, -0.1) is 0 Å². The number of piperidine rings is 1. The number of ether oxygens (including phenoxy) is 2. The Balaban J connectivity index is 1.76. The van der Waals surface area contributed by atoms with Gasteiger partial charge in [0.1, 0.15) is 5.69 Å². The number of rotatable bonds is 6. The Morgan fingerprint density at radius 3 is 2.66 bits per heavy atom. The van der Waals surface area contributed by atoms with Crippen molar-refractivity contribution in [2.45, 2.75) is 38.6 Å². The van der Waals surface area contributed by atoms with E-state index < -0.39 is 5.91 Å². The third-order valence-corrected chi connectivity index (χ3v) is 5.24. The molecule has 1 aliphatic heterocycles. The van der Waals surface area contributed by atoms with Crippen molar-refractivity contribution in [3.8, 4) is 11.5 Å². The molecule has 1 saturated heterocycles. The molecule has 29 heavy (non-hydrogen) atoms. The number of amides is 2. The number of carbonyl (C=O) groups excluding carboxylic acids is 2. The molecule has 0 radical (unpaired) electrons. The maximum atomic E-state index is 13.0. The molecule has 3 rings (SSSR count). The van der Waals surface area contributed by atoms with Crippen molar-refractivity contribution in [3.63, 3.8) is 0 Å².